The second kappa shape index (κ2) is 9.51. The number of imidazole rings is 1. The van der Waals surface area contributed by atoms with Gasteiger partial charge in [-0.2, -0.15) is 0 Å². The van der Waals surface area contributed by atoms with Gasteiger partial charge in [0.2, 0.25) is 8.32 Å². The Balaban J connectivity index is 1.82. The highest BCUT2D eigenvalue weighted by molar-refractivity contribution is 6.74. The molecule has 3 rings (SSSR count). The van der Waals surface area contributed by atoms with E-state index in [-0.39, 0.29) is 11.1 Å². The third-order valence-corrected chi connectivity index (χ3v) is 10.8. The van der Waals surface area contributed by atoms with Crippen molar-refractivity contribution in [3.05, 3.63) is 77.4 Å². The summed E-state index contributed by atoms with van der Waals surface area (Å²) in [6.07, 6.45) is 2.38. The van der Waals surface area contributed by atoms with Crippen molar-refractivity contribution in [1.82, 2.24) is 9.55 Å². The van der Waals surface area contributed by atoms with E-state index in [2.05, 4.69) is 67.7 Å². The Hall–Kier alpha value is -2.57. The monoisotopic (exact) mass is 452 g/mol. The fraction of sp³-hybridized carbons (Fsp3) is 0.423. The minimum atomic E-state index is -1.85. The van der Waals surface area contributed by atoms with Gasteiger partial charge in [-0.25, -0.2) is 4.98 Å². The summed E-state index contributed by atoms with van der Waals surface area (Å²) in [7, 11) is 3.57. The van der Waals surface area contributed by atoms with Gasteiger partial charge in [-0.3, -0.25) is 0 Å². The smallest absolute Gasteiger partial charge is 0.250 e. The maximum absolute atomic E-state index is 6.43. The van der Waals surface area contributed by atoms with Crippen molar-refractivity contribution in [3.8, 4) is 11.5 Å². The van der Waals surface area contributed by atoms with E-state index < -0.39 is 8.32 Å². The summed E-state index contributed by atoms with van der Waals surface area (Å²) < 4.78 is 19.6. The van der Waals surface area contributed by atoms with Crippen LogP contribution in [0.15, 0.2) is 54.9 Å². The van der Waals surface area contributed by atoms with Crippen molar-refractivity contribution in [1.29, 1.82) is 0 Å². The van der Waals surface area contributed by atoms with Crippen LogP contribution in [0.2, 0.25) is 18.1 Å². The van der Waals surface area contributed by atoms with E-state index in [9.17, 15) is 0 Å². The number of methoxy groups -OCH3 is 2. The summed E-state index contributed by atoms with van der Waals surface area (Å²) in [6.45, 7) is 11.3. The standard InChI is InChI=1S/C26H36N2O3Si/c1-26(2,3)32(7,8)31-22-13-9-19(10-14-22)17-23-24(27-18-28(23)4)25(30-6)20-11-15-21(29-5)16-12-20/h9-16,18,25H,17H2,1-8H3. The molecule has 0 aliphatic carbocycles. The van der Waals surface area contributed by atoms with Crippen LogP contribution >= 0.6 is 0 Å². The Bertz CT molecular complexity index is 1020. The largest absolute Gasteiger partial charge is 0.544 e. The van der Waals surface area contributed by atoms with Gasteiger partial charge in [0.05, 0.1) is 19.1 Å². The number of hydrogen-bond acceptors (Lipinski definition) is 4. The first kappa shape index (κ1) is 24.1. The SMILES string of the molecule is COc1ccc(C(OC)c2ncn(C)c2Cc2ccc(O[Si](C)(C)C(C)(C)C)cc2)cc1. The fourth-order valence-electron chi connectivity index (χ4n) is 3.41. The molecule has 172 valence electrons. The maximum atomic E-state index is 6.43. The van der Waals surface area contributed by atoms with E-state index in [0.717, 1.165) is 34.9 Å². The van der Waals surface area contributed by atoms with Gasteiger partial charge in [0.1, 0.15) is 17.6 Å². The molecule has 5 nitrogen and oxygen atoms in total. The molecule has 1 unspecified atom stereocenters. The topological polar surface area (TPSA) is 45.5 Å². The lowest BCUT2D eigenvalue weighted by Gasteiger charge is -2.36. The van der Waals surface area contributed by atoms with Gasteiger partial charge in [0.25, 0.3) is 0 Å². The summed E-state index contributed by atoms with van der Waals surface area (Å²) in [5, 5.41) is 0.173. The lowest BCUT2D eigenvalue weighted by atomic mass is 10.0. The second-order valence-electron chi connectivity index (χ2n) is 9.76. The molecule has 0 saturated carbocycles. The molecule has 0 saturated heterocycles. The van der Waals surface area contributed by atoms with Gasteiger partial charge in [0.15, 0.2) is 0 Å². The first-order valence-corrected chi connectivity index (χ1v) is 13.9. The number of aromatic nitrogens is 2. The molecular formula is C26H36N2O3Si. The molecule has 1 atom stereocenters. The van der Waals surface area contributed by atoms with Gasteiger partial charge in [-0.15, -0.1) is 0 Å². The predicted molar refractivity (Wildman–Crippen MR) is 132 cm³/mol. The predicted octanol–water partition coefficient (Wildman–Crippen LogP) is 6.14. The van der Waals surface area contributed by atoms with Crippen molar-refractivity contribution in [2.45, 2.75) is 51.4 Å². The molecule has 1 aromatic heterocycles. The van der Waals surface area contributed by atoms with Crippen LogP contribution in [0.4, 0.5) is 0 Å². The van der Waals surface area contributed by atoms with E-state index >= 15 is 0 Å². The van der Waals surface area contributed by atoms with E-state index in [1.807, 2.05) is 37.6 Å². The number of benzene rings is 2. The molecule has 0 bridgehead atoms. The normalized spacial score (nSPS) is 13.1. The number of hydrogen-bond donors (Lipinski definition) is 0. The Labute approximate surface area is 193 Å². The third kappa shape index (κ3) is 5.25. The molecule has 0 aliphatic rings. The van der Waals surface area contributed by atoms with Crippen LogP contribution in [0.25, 0.3) is 0 Å². The lowest BCUT2D eigenvalue weighted by molar-refractivity contribution is 0.132. The van der Waals surface area contributed by atoms with Crippen LogP contribution in [-0.2, 0) is 18.2 Å². The van der Waals surface area contributed by atoms with Crippen molar-refractivity contribution in [2.75, 3.05) is 14.2 Å². The highest BCUT2D eigenvalue weighted by Crippen LogP contribution is 2.37. The summed E-state index contributed by atoms with van der Waals surface area (Å²) >= 11 is 0. The van der Waals surface area contributed by atoms with Crippen molar-refractivity contribution >= 4 is 8.32 Å². The van der Waals surface area contributed by atoms with Crippen LogP contribution in [0.3, 0.4) is 0 Å². The molecule has 0 radical (unpaired) electrons. The lowest BCUT2D eigenvalue weighted by Crippen LogP contribution is -2.43. The zero-order chi connectivity index (χ0) is 23.5. The third-order valence-electron chi connectivity index (χ3n) is 6.47. The zero-order valence-electron chi connectivity index (χ0n) is 20.6. The summed E-state index contributed by atoms with van der Waals surface area (Å²) in [5.74, 6) is 1.77. The van der Waals surface area contributed by atoms with E-state index in [4.69, 9.17) is 13.9 Å². The number of aryl methyl sites for hydroxylation is 1. The molecular weight excluding hydrogens is 416 g/mol. The molecule has 0 fully saturated rings. The molecule has 0 N–H and O–H groups in total. The summed E-state index contributed by atoms with van der Waals surface area (Å²) in [4.78, 5) is 4.68. The summed E-state index contributed by atoms with van der Waals surface area (Å²) in [6, 6.07) is 16.4. The quantitative estimate of drug-likeness (QED) is 0.385. The van der Waals surface area contributed by atoms with Crippen LogP contribution in [0, 0.1) is 0 Å². The van der Waals surface area contributed by atoms with Crippen molar-refractivity contribution in [2.24, 2.45) is 7.05 Å². The average Bonchev–Trinajstić information content (AvgIpc) is 3.09. The molecule has 32 heavy (non-hydrogen) atoms. The van der Waals surface area contributed by atoms with Crippen LogP contribution in [0.1, 0.15) is 49.4 Å². The molecule has 2 aromatic carbocycles. The average molecular weight is 453 g/mol. The maximum Gasteiger partial charge on any atom is 0.250 e. The van der Waals surface area contributed by atoms with Crippen LogP contribution in [0.5, 0.6) is 11.5 Å². The number of rotatable bonds is 8. The van der Waals surface area contributed by atoms with Gasteiger partial charge in [-0.05, 0) is 53.5 Å². The Morgan fingerprint density at radius 1 is 0.938 bits per heavy atom. The first-order valence-electron chi connectivity index (χ1n) is 11.0. The number of nitrogens with zero attached hydrogens (tertiary/aromatic N) is 2. The minimum absolute atomic E-state index is 0.173. The van der Waals surface area contributed by atoms with Gasteiger partial charge in [0, 0.05) is 26.3 Å². The zero-order valence-corrected chi connectivity index (χ0v) is 21.6. The molecule has 3 aromatic rings. The minimum Gasteiger partial charge on any atom is -0.544 e. The van der Waals surface area contributed by atoms with E-state index in [1.165, 1.54) is 5.56 Å². The fourth-order valence-corrected chi connectivity index (χ4v) is 4.44. The van der Waals surface area contributed by atoms with Gasteiger partial charge < -0.3 is 18.5 Å². The number of ether oxygens (including phenoxy) is 2. The Morgan fingerprint density at radius 2 is 1.53 bits per heavy atom. The molecule has 0 aliphatic heterocycles. The highest BCUT2D eigenvalue weighted by Gasteiger charge is 2.38. The molecule has 0 amide bonds. The highest BCUT2D eigenvalue weighted by atomic mass is 28.4. The first-order chi connectivity index (χ1) is 15.1. The van der Waals surface area contributed by atoms with Crippen molar-refractivity contribution in [3.63, 3.8) is 0 Å². The Kier molecular flexibility index (Phi) is 7.15. The van der Waals surface area contributed by atoms with Crippen LogP contribution in [-0.4, -0.2) is 32.1 Å². The molecule has 6 heteroatoms. The molecule has 0 spiro atoms. The molecule has 1 heterocycles. The van der Waals surface area contributed by atoms with Crippen molar-refractivity contribution < 1.29 is 13.9 Å². The van der Waals surface area contributed by atoms with E-state index in [0.29, 0.717) is 0 Å². The van der Waals surface area contributed by atoms with E-state index in [1.54, 1.807) is 14.2 Å². The Morgan fingerprint density at radius 3 is 2.06 bits per heavy atom. The van der Waals surface area contributed by atoms with Gasteiger partial charge in [-0.1, -0.05) is 45.0 Å². The van der Waals surface area contributed by atoms with Gasteiger partial charge >= 0.3 is 0 Å². The van der Waals surface area contributed by atoms with Crippen LogP contribution < -0.4 is 9.16 Å². The second-order valence-corrected chi connectivity index (χ2v) is 14.5. The summed E-state index contributed by atoms with van der Waals surface area (Å²) in [5.41, 5.74) is 4.32.